The van der Waals surface area contributed by atoms with E-state index in [1.165, 1.54) is 6.20 Å². The van der Waals surface area contributed by atoms with Crippen LogP contribution in [0.2, 0.25) is 0 Å². The fourth-order valence-corrected chi connectivity index (χ4v) is 1.50. The van der Waals surface area contributed by atoms with Crippen molar-refractivity contribution in [2.75, 3.05) is 0 Å². The summed E-state index contributed by atoms with van der Waals surface area (Å²) in [6.45, 7) is 7.52. The van der Waals surface area contributed by atoms with Crippen LogP contribution in [0, 0.1) is 6.92 Å². The maximum Gasteiger partial charge on any atom is 0.433 e. The predicted octanol–water partition coefficient (Wildman–Crippen LogP) is 3.71. The van der Waals surface area contributed by atoms with Crippen molar-refractivity contribution >= 4 is 0 Å². The fourth-order valence-electron chi connectivity index (χ4n) is 1.50. The van der Waals surface area contributed by atoms with Gasteiger partial charge < -0.3 is 0 Å². The Morgan fingerprint density at radius 1 is 1.13 bits per heavy atom. The lowest BCUT2D eigenvalue weighted by Gasteiger charge is -2.21. The van der Waals surface area contributed by atoms with Gasteiger partial charge in [0, 0.05) is 6.20 Å². The molecule has 0 radical (unpaired) electrons. The molecule has 84 valence electrons. The first-order valence-corrected chi connectivity index (χ1v) is 4.66. The highest BCUT2D eigenvalue weighted by Gasteiger charge is 2.33. The Kier molecular flexibility index (Phi) is 2.81. The van der Waals surface area contributed by atoms with Crippen molar-refractivity contribution in [1.29, 1.82) is 0 Å². The average molecular weight is 217 g/mol. The first-order valence-electron chi connectivity index (χ1n) is 4.66. The molecule has 0 N–H and O–H groups in total. The van der Waals surface area contributed by atoms with E-state index in [0.717, 1.165) is 11.6 Å². The number of alkyl halides is 3. The van der Waals surface area contributed by atoms with Gasteiger partial charge in [-0.1, -0.05) is 20.8 Å². The third-order valence-corrected chi connectivity index (χ3v) is 2.21. The molecule has 0 aliphatic rings. The molecule has 0 bridgehead atoms. The van der Waals surface area contributed by atoms with Crippen molar-refractivity contribution in [2.45, 2.75) is 39.3 Å². The molecule has 4 heteroatoms. The molecule has 1 rings (SSSR count). The molecule has 0 unspecified atom stereocenters. The Hall–Kier alpha value is -1.06. The van der Waals surface area contributed by atoms with E-state index in [1.807, 2.05) is 20.8 Å². The first kappa shape index (κ1) is 12.0. The van der Waals surface area contributed by atoms with Crippen LogP contribution in [-0.2, 0) is 11.6 Å². The zero-order valence-electron chi connectivity index (χ0n) is 9.24. The van der Waals surface area contributed by atoms with Gasteiger partial charge in [0.2, 0.25) is 0 Å². The van der Waals surface area contributed by atoms with Gasteiger partial charge in [-0.15, -0.1) is 0 Å². The predicted molar refractivity (Wildman–Crippen MR) is 52.7 cm³/mol. The molecule has 0 saturated carbocycles. The van der Waals surface area contributed by atoms with E-state index >= 15 is 0 Å². The Labute approximate surface area is 87.3 Å². The minimum absolute atomic E-state index is 0.179. The van der Waals surface area contributed by atoms with E-state index in [2.05, 4.69) is 4.98 Å². The van der Waals surface area contributed by atoms with Crippen molar-refractivity contribution < 1.29 is 13.2 Å². The lowest BCUT2D eigenvalue weighted by molar-refractivity contribution is -0.141. The highest BCUT2D eigenvalue weighted by Crippen LogP contribution is 2.31. The molecule has 0 atom stereocenters. The number of hydrogen-bond donors (Lipinski definition) is 0. The molecule has 1 nitrogen and oxygen atoms in total. The second-order valence-electron chi connectivity index (χ2n) is 4.63. The Morgan fingerprint density at radius 3 is 2.00 bits per heavy atom. The van der Waals surface area contributed by atoms with E-state index in [-0.39, 0.29) is 5.41 Å². The zero-order chi connectivity index (χ0) is 11.9. The number of aromatic nitrogens is 1. The molecule has 0 fully saturated rings. The minimum Gasteiger partial charge on any atom is -0.251 e. The van der Waals surface area contributed by atoms with Gasteiger partial charge in [0.05, 0.1) is 0 Å². The third-order valence-electron chi connectivity index (χ3n) is 2.21. The molecular weight excluding hydrogens is 203 g/mol. The van der Waals surface area contributed by atoms with Crippen molar-refractivity contribution in [1.82, 2.24) is 4.98 Å². The van der Waals surface area contributed by atoms with E-state index in [4.69, 9.17) is 0 Å². The highest BCUT2D eigenvalue weighted by atomic mass is 19.4. The molecule has 1 heterocycles. The van der Waals surface area contributed by atoms with Crippen LogP contribution in [-0.4, -0.2) is 4.98 Å². The molecule has 0 spiro atoms. The van der Waals surface area contributed by atoms with Gasteiger partial charge in [0.15, 0.2) is 0 Å². The quantitative estimate of drug-likeness (QED) is 0.645. The van der Waals surface area contributed by atoms with Crippen LogP contribution < -0.4 is 0 Å². The van der Waals surface area contributed by atoms with Crippen LogP contribution in [0.4, 0.5) is 13.2 Å². The zero-order valence-corrected chi connectivity index (χ0v) is 9.24. The highest BCUT2D eigenvalue weighted by molar-refractivity contribution is 5.31. The van der Waals surface area contributed by atoms with Crippen molar-refractivity contribution in [2.24, 2.45) is 0 Å². The topological polar surface area (TPSA) is 12.9 Å². The second kappa shape index (κ2) is 3.51. The summed E-state index contributed by atoms with van der Waals surface area (Å²) in [5.41, 5.74) is 0.467. The monoisotopic (exact) mass is 217 g/mol. The van der Waals surface area contributed by atoms with E-state index in [1.54, 1.807) is 6.92 Å². The summed E-state index contributed by atoms with van der Waals surface area (Å²) in [7, 11) is 0. The van der Waals surface area contributed by atoms with Crippen LogP contribution in [0.5, 0.6) is 0 Å². The summed E-state index contributed by atoms with van der Waals surface area (Å²) in [4.78, 5) is 3.45. The molecular formula is C11H14F3N. The lowest BCUT2D eigenvalue weighted by Crippen LogP contribution is -2.16. The number of hydrogen-bond acceptors (Lipinski definition) is 1. The molecule has 0 aliphatic heterocycles. The smallest absolute Gasteiger partial charge is 0.251 e. The maximum absolute atomic E-state index is 12.3. The molecule has 1 aromatic heterocycles. The van der Waals surface area contributed by atoms with Crippen LogP contribution in [0.1, 0.15) is 37.6 Å². The summed E-state index contributed by atoms with van der Waals surface area (Å²) >= 11 is 0. The number of rotatable bonds is 0. The van der Waals surface area contributed by atoms with Crippen molar-refractivity contribution in [3.8, 4) is 0 Å². The van der Waals surface area contributed by atoms with E-state index in [0.29, 0.717) is 5.56 Å². The first-order chi connectivity index (χ1) is 6.62. The molecule has 0 saturated heterocycles. The number of nitrogens with zero attached hydrogens (tertiary/aromatic N) is 1. The molecule has 0 aromatic carbocycles. The van der Waals surface area contributed by atoms with Gasteiger partial charge in [0.25, 0.3) is 0 Å². The van der Waals surface area contributed by atoms with Gasteiger partial charge in [-0.25, -0.2) is 0 Å². The SMILES string of the molecule is Cc1cc(C(F)(F)F)ncc1C(C)(C)C. The number of aryl methyl sites for hydroxylation is 1. The molecule has 0 amide bonds. The summed E-state index contributed by atoms with van der Waals surface area (Å²) in [5, 5.41) is 0. The van der Waals surface area contributed by atoms with E-state index < -0.39 is 11.9 Å². The lowest BCUT2D eigenvalue weighted by atomic mass is 9.85. The molecule has 0 aliphatic carbocycles. The summed E-state index contributed by atoms with van der Waals surface area (Å²) < 4.78 is 37.0. The number of halogens is 3. The van der Waals surface area contributed by atoms with Gasteiger partial charge in [-0.05, 0) is 29.5 Å². The Morgan fingerprint density at radius 2 is 1.67 bits per heavy atom. The third kappa shape index (κ3) is 2.70. The minimum atomic E-state index is -4.36. The normalized spacial score (nSPS) is 13.0. The van der Waals surface area contributed by atoms with Gasteiger partial charge in [-0.3, -0.25) is 4.98 Å². The number of pyridine rings is 1. The van der Waals surface area contributed by atoms with Crippen LogP contribution in [0.3, 0.4) is 0 Å². The fraction of sp³-hybridized carbons (Fsp3) is 0.545. The summed E-state index contributed by atoms with van der Waals surface area (Å²) in [5.74, 6) is 0. The van der Waals surface area contributed by atoms with Gasteiger partial charge in [0.1, 0.15) is 5.69 Å². The average Bonchev–Trinajstić information content (AvgIpc) is 1.99. The molecule has 15 heavy (non-hydrogen) atoms. The molecule has 1 aromatic rings. The van der Waals surface area contributed by atoms with Crippen LogP contribution >= 0.6 is 0 Å². The summed E-state index contributed by atoms with van der Waals surface area (Å²) in [6, 6.07) is 1.10. The maximum atomic E-state index is 12.3. The van der Waals surface area contributed by atoms with Crippen molar-refractivity contribution in [3.05, 3.63) is 29.1 Å². The van der Waals surface area contributed by atoms with Gasteiger partial charge in [-0.2, -0.15) is 13.2 Å². The van der Waals surface area contributed by atoms with Crippen LogP contribution in [0.25, 0.3) is 0 Å². The summed E-state index contributed by atoms with van der Waals surface area (Å²) in [6.07, 6.45) is -3.04. The largest absolute Gasteiger partial charge is 0.433 e. The van der Waals surface area contributed by atoms with Crippen molar-refractivity contribution in [3.63, 3.8) is 0 Å². The van der Waals surface area contributed by atoms with Gasteiger partial charge >= 0.3 is 6.18 Å². The second-order valence-corrected chi connectivity index (χ2v) is 4.63. The standard InChI is InChI=1S/C11H14F3N/c1-7-5-9(11(12,13)14)15-6-8(7)10(2,3)4/h5-6H,1-4H3. The van der Waals surface area contributed by atoms with Crippen LogP contribution in [0.15, 0.2) is 12.3 Å². The Bertz CT molecular complexity index is 361. The Balaban J connectivity index is 3.21. The van der Waals surface area contributed by atoms with E-state index in [9.17, 15) is 13.2 Å².